The van der Waals surface area contributed by atoms with Gasteiger partial charge in [-0.15, -0.1) is 0 Å². The van der Waals surface area contributed by atoms with Gasteiger partial charge >= 0.3 is 0 Å². The second-order valence-electron chi connectivity index (χ2n) is 2.39. The molecule has 0 aromatic carbocycles. The van der Waals surface area contributed by atoms with E-state index in [0.29, 0.717) is 16.0 Å². The van der Waals surface area contributed by atoms with Crippen LogP contribution in [0.4, 0.5) is 8.78 Å². The summed E-state index contributed by atoms with van der Waals surface area (Å²) >= 11 is 3.18. The summed E-state index contributed by atoms with van der Waals surface area (Å²) in [5.74, 6) is 0.332. The van der Waals surface area contributed by atoms with E-state index in [1.165, 1.54) is 7.11 Å². The van der Waals surface area contributed by atoms with Crippen molar-refractivity contribution >= 4 is 15.9 Å². The largest absolute Gasteiger partial charge is 0.480 e. The van der Waals surface area contributed by atoms with Gasteiger partial charge in [0.15, 0.2) is 0 Å². The van der Waals surface area contributed by atoms with Gasteiger partial charge in [0, 0.05) is 0 Å². The Hall–Kier alpha value is -0.710. The quantitative estimate of drug-likeness (QED) is 0.824. The molecular weight excluding hydrogens is 244 g/mol. The van der Waals surface area contributed by atoms with Crippen molar-refractivity contribution < 1.29 is 13.5 Å². The average Bonchev–Trinajstić information content (AvgIpc) is 2.07. The Labute approximate surface area is 83.1 Å². The Kier molecular flexibility index (Phi) is 3.59. The van der Waals surface area contributed by atoms with E-state index < -0.39 is 6.43 Å². The second-order valence-corrected chi connectivity index (χ2v) is 3.24. The van der Waals surface area contributed by atoms with Crippen LogP contribution in [0.15, 0.2) is 16.6 Å². The third kappa shape index (κ3) is 2.91. The van der Waals surface area contributed by atoms with Crippen molar-refractivity contribution in [2.75, 3.05) is 7.11 Å². The lowest BCUT2D eigenvalue weighted by Crippen LogP contribution is -2.00. The number of ether oxygens (including phenoxy) is 1. The van der Waals surface area contributed by atoms with E-state index in [-0.39, 0.29) is 6.42 Å². The fraction of sp³-hybridized carbons (Fsp3) is 0.375. The maximum atomic E-state index is 12.0. The first kappa shape index (κ1) is 10.4. The summed E-state index contributed by atoms with van der Waals surface area (Å²) in [6.07, 6.45) is -2.72. The highest BCUT2D eigenvalue weighted by Crippen LogP contribution is 2.22. The van der Waals surface area contributed by atoms with E-state index in [1.54, 1.807) is 12.1 Å². The molecule has 0 bridgehead atoms. The molecule has 0 atom stereocenters. The van der Waals surface area contributed by atoms with E-state index in [2.05, 4.69) is 20.9 Å². The maximum absolute atomic E-state index is 12.0. The van der Waals surface area contributed by atoms with Gasteiger partial charge in [0.05, 0.1) is 23.7 Å². The van der Waals surface area contributed by atoms with Crippen molar-refractivity contribution in [3.8, 4) is 5.88 Å². The molecule has 0 amide bonds. The molecular formula is C8H8BrF2NO. The molecule has 1 aromatic rings. The average molecular weight is 252 g/mol. The van der Waals surface area contributed by atoms with Crippen LogP contribution in [0.3, 0.4) is 0 Å². The van der Waals surface area contributed by atoms with Gasteiger partial charge in [-0.1, -0.05) is 0 Å². The van der Waals surface area contributed by atoms with E-state index in [1.807, 2.05) is 0 Å². The van der Waals surface area contributed by atoms with E-state index in [9.17, 15) is 8.78 Å². The molecule has 0 saturated heterocycles. The topological polar surface area (TPSA) is 22.1 Å². The zero-order valence-electron chi connectivity index (χ0n) is 6.93. The summed E-state index contributed by atoms with van der Waals surface area (Å²) in [6.45, 7) is 0. The molecule has 0 radical (unpaired) electrons. The van der Waals surface area contributed by atoms with Crippen molar-refractivity contribution in [3.05, 3.63) is 22.3 Å². The van der Waals surface area contributed by atoms with Crippen LogP contribution in [0.25, 0.3) is 0 Å². The fourth-order valence-corrected chi connectivity index (χ4v) is 1.26. The minimum atomic E-state index is -2.38. The van der Waals surface area contributed by atoms with E-state index in [0.717, 1.165) is 0 Å². The summed E-state index contributed by atoms with van der Waals surface area (Å²) in [6, 6.07) is 3.18. The Morgan fingerprint density at radius 1 is 1.54 bits per heavy atom. The molecule has 0 spiro atoms. The zero-order valence-corrected chi connectivity index (χ0v) is 8.51. The Morgan fingerprint density at radius 3 is 2.77 bits per heavy atom. The predicted octanol–water partition coefficient (Wildman–Crippen LogP) is 2.66. The highest BCUT2D eigenvalue weighted by molar-refractivity contribution is 9.10. The molecule has 0 aliphatic rings. The molecule has 2 nitrogen and oxygen atoms in total. The zero-order chi connectivity index (χ0) is 9.84. The van der Waals surface area contributed by atoms with E-state index in [4.69, 9.17) is 4.74 Å². The van der Waals surface area contributed by atoms with Gasteiger partial charge in [-0.25, -0.2) is 13.8 Å². The predicted molar refractivity (Wildman–Crippen MR) is 48.2 cm³/mol. The second kappa shape index (κ2) is 4.50. The SMILES string of the molecule is COc1nc(CC(F)F)ccc1Br. The highest BCUT2D eigenvalue weighted by atomic mass is 79.9. The van der Waals surface area contributed by atoms with Gasteiger partial charge in [-0.05, 0) is 28.1 Å². The van der Waals surface area contributed by atoms with Gasteiger partial charge in [0.25, 0.3) is 0 Å². The van der Waals surface area contributed by atoms with Crippen LogP contribution in [0.2, 0.25) is 0 Å². The Balaban J connectivity index is 2.86. The molecule has 0 N–H and O–H groups in total. The van der Waals surface area contributed by atoms with Crippen LogP contribution < -0.4 is 4.74 Å². The minimum Gasteiger partial charge on any atom is -0.480 e. The lowest BCUT2D eigenvalue weighted by Gasteiger charge is -2.04. The number of nitrogens with zero attached hydrogens (tertiary/aromatic N) is 1. The van der Waals surface area contributed by atoms with Gasteiger partial charge in [-0.2, -0.15) is 0 Å². The van der Waals surface area contributed by atoms with Gasteiger partial charge in [0.2, 0.25) is 12.3 Å². The van der Waals surface area contributed by atoms with Crippen molar-refractivity contribution in [1.29, 1.82) is 0 Å². The third-order valence-electron chi connectivity index (χ3n) is 1.43. The van der Waals surface area contributed by atoms with E-state index >= 15 is 0 Å². The molecule has 0 unspecified atom stereocenters. The van der Waals surface area contributed by atoms with Crippen LogP contribution in [0, 0.1) is 0 Å². The highest BCUT2D eigenvalue weighted by Gasteiger charge is 2.08. The molecule has 1 heterocycles. The molecule has 0 aliphatic heterocycles. The maximum Gasteiger partial charge on any atom is 0.244 e. The van der Waals surface area contributed by atoms with Crippen LogP contribution in [0.5, 0.6) is 5.88 Å². The molecule has 1 aromatic heterocycles. The van der Waals surface area contributed by atoms with Gasteiger partial charge in [0.1, 0.15) is 0 Å². The molecule has 72 valence electrons. The van der Waals surface area contributed by atoms with Crippen LogP contribution in [0.1, 0.15) is 5.69 Å². The third-order valence-corrected chi connectivity index (χ3v) is 2.03. The fourth-order valence-electron chi connectivity index (χ4n) is 0.877. The van der Waals surface area contributed by atoms with Crippen LogP contribution in [-0.2, 0) is 6.42 Å². The first-order chi connectivity index (χ1) is 6.13. The first-order valence-electron chi connectivity index (χ1n) is 3.61. The summed E-state index contributed by atoms with van der Waals surface area (Å²) in [7, 11) is 1.44. The van der Waals surface area contributed by atoms with Gasteiger partial charge in [-0.3, -0.25) is 0 Å². The molecule has 1 rings (SSSR count). The minimum absolute atomic E-state index is 0.329. The number of hydrogen-bond acceptors (Lipinski definition) is 2. The summed E-state index contributed by atoms with van der Waals surface area (Å²) in [4.78, 5) is 3.88. The molecule has 5 heteroatoms. The molecule has 0 fully saturated rings. The molecule has 0 saturated carbocycles. The van der Waals surface area contributed by atoms with Crippen molar-refractivity contribution in [2.24, 2.45) is 0 Å². The van der Waals surface area contributed by atoms with Crippen molar-refractivity contribution in [1.82, 2.24) is 4.98 Å². The summed E-state index contributed by atoms with van der Waals surface area (Å²) in [5, 5.41) is 0. The Bertz CT molecular complexity index is 293. The number of halogens is 3. The monoisotopic (exact) mass is 251 g/mol. The van der Waals surface area contributed by atoms with Crippen LogP contribution in [-0.4, -0.2) is 18.5 Å². The van der Waals surface area contributed by atoms with Crippen molar-refractivity contribution in [3.63, 3.8) is 0 Å². The number of hydrogen-bond donors (Lipinski definition) is 0. The number of methoxy groups -OCH3 is 1. The smallest absolute Gasteiger partial charge is 0.244 e. The van der Waals surface area contributed by atoms with Crippen LogP contribution >= 0.6 is 15.9 Å². The standard InChI is InChI=1S/C8H8BrF2NO/c1-13-8-6(9)3-2-5(12-8)4-7(10)11/h2-3,7H,4H2,1H3. The lowest BCUT2D eigenvalue weighted by molar-refractivity contribution is 0.147. The Morgan fingerprint density at radius 2 is 2.23 bits per heavy atom. The number of rotatable bonds is 3. The summed E-state index contributed by atoms with van der Waals surface area (Å²) in [5.41, 5.74) is 0.329. The number of aromatic nitrogens is 1. The summed E-state index contributed by atoms with van der Waals surface area (Å²) < 4.78 is 29.5. The van der Waals surface area contributed by atoms with Gasteiger partial charge < -0.3 is 4.74 Å². The molecule has 0 aliphatic carbocycles. The number of alkyl halides is 2. The van der Waals surface area contributed by atoms with Crippen molar-refractivity contribution in [2.45, 2.75) is 12.8 Å². The molecule has 13 heavy (non-hydrogen) atoms. The first-order valence-corrected chi connectivity index (χ1v) is 4.40. The normalized spacial score (nSPS) is 10.5. The number of pyridine rings is 1. The lowest BCUT2D eigenvalue weighted by atomic mass is 10.3.